The molecule has 1 saturated heterocycles. The summed E-state index contributed by atoms with van der Waals surface area (Å²) in [5.74, 6) is 1.75. The molecule has 2 nitrogen and oxygen atoms in total. The molecule has 1 aliphatic carbocycles. The van der Waals surface area contributed by atoms with E-state index in [9.17, 15) is 0 Å². The van der Waals surface area contributed by atoms with Gasteiger partial charge in [0, 0.05) is 0 Å². The zero-order valence-corrected chi connectivity index (χ0v) is 18.3. The molecule has 0 N–H and O–H groups in total. The van der Waals surface area contributed by atoms with Gasteiger partial charge in [0.15, 0.2) is 0 Å². The van der Waals surface area contributed by atoms with E-state index < -0.39 is 0 Å². The minimum absolute atomic E-state index is 0.116. The largest absolute Gasteiger partial charge is 0.373 e. The maximum atomic E-state index is 6.13. The molecule has 0 spiro atoms. The Morgan fingerprint density at radius 2 is 1.36 bits per heavy atom. The van der Waals surface area contributed by atoms with Crippen LogP contribution in [0.4, 0.5) is 0 Å². The summed E-state index contributed by atoms with van der Waals surface area (Å²) in [6.07, 6.45) is 16.6. The van der Waals surface area contributed by atoms with E-state index in [-0.39, 0.29) is 6.10 Å². The number of hydrogen-bond acceptors (Lipinski definition) is 2. The Kier molecular flexibility index (Phi) is 9.34. The van der Waals surface area contributed by atoms with Crippen LogP contribution >= 0.6 is 0 Å². The van der Waals surface area contributed by atoms with E-state index in [0.717, 1.165) is 24.9 Å². The smallest absolute Gasteiger partial charge is 0.106 e. The van der Waals surface area contributed by atoms with Gasteiger partial charge < -0.3 is 9.47 Å². The Bertz CT molecular complexity index is 473. The molecule has 1 heterocycles. The highest BCUT2D eigenvalue weighted by Crippen LogP contribution is 2.38. The molecular formula is C26H42O2. The lowest BCUT2D eigenvalue weighted by Gasteiger charge is -2.31. The van der Waals surface area contributed by atoms with Gasteiger partial charge in [-0.1, -0.05) is 83.1 Å². The molecule has 1 aromatic carbocycles. The molecule has 1 aliphatic heterocycles. The van der Waals surface area contributed by atoms with Gasteiger partial charge in [-0.15, -0.1) is 0 Å². The molecule has 2 unspecified atom stereocenters. The minimum Gasteiger partial charge on any atom is -0.373 e. The van der Waals surface area contributed by atoms with Crippen molar-refractivity contribution in [2.75, 3.05) is 13.2 Å². The van der Waals surface area contributed by atoms with E-state index in [2.05, 4.69) is 38.1 Å². The Morgan fingerprint density at radius 1 is 0.714 bits per heavy atom. The normalized spacial score (nSPS) is 28.4. The van der Waals surface area contributed by atoms with Crippen molar-refractivity contribution in [2.24, 2.45) is 5.92 Å². The van der Waals surface area contributed by atoms with Crippen LogP contribution in [0.2, 0.25) is 0 Å². The van der Waals surface area contributed by atoms with Gasteiger partial charge >= 0.3 is 0 Å². The predicted molar refractivity (Wildman–Crippen MR) is 118 cm³/mol. The Hall–Kier alpha value is -0.860. The van der Waals surface area contributed by atoms with Crippen LogP contribution in [-0.2, 0) is 9.47 Å². The molecule has 158 valence electrons. The van der Waals surface area contributed by atoms with Crippen LogP contribution < -0.4 is 0 Å². The first-order valence-corrected chi connectivity index (χ1v) is 12.1. The first kappa shape index (κ1) is 21.8. The fraction of sp³-hybridized carbons (Fsp3) is 0.769. The van der Waals surface area contributed by atoms with Crippen LogP contribution in [0.3, 0.4) is 0 Å². The third-order valence-electron chi connectivity index (χ3n) is 6.94. The molecule has 1 aromatic rings. The third-order valence-corrected chi connectivity index (χ3v) is 6.94. The first-order valence-electron chi connectivity index (χ1n) is 12.1. The lowest BCUT2D eigenvalue weighted by atomic mass is 9.77. The number of unbranched alkanes of at least 4 members (excludes halogenated alkanes) is 4. The molecule has 28 heavy (non-hydrogen) atoms. The van der Waals surface area contributed by atoms with E-state index in [1.807, 2.05) is 0 Å². The summed E-state index contributed by atoms with van der Waals surface area (Å²) in [6.45, 7) is 6.01. The molecule has 2 fully saturated rings. The summed E-state index contributed by atoms with van der Waals surface area (Å²) in [4.78, 5) is 0. The number of benzene rings is 1. The average molecular weight is 387 g/mol. The number of rotatable bonds is 10. The SMILES string of the molecule is CCCCCC1CCC(c2ccc(C3COC(CCCCC)CO3)cc2)CC1. The van der Waals surface area contributed by atoms with Gasteiger partial charge in [-0.05, 0) is 55.1 Å². The topological polar surface area (TPSA) is 18.5 Å². The minimum atomic E-state index is 0.116. The molecule has 0 bridgehead atoms. The van der Waals surface area contributed by atoms with Crippen molar-refractivity contribution < 1.29 is 9.47 Å². The van der Waals surface area contributed by atoms with Gasteiger partial charge in [-0.3, -0.25) is 0 Å². The second-order valence-corrected chi connectivity index (χ2v) is 9.15. The van der Waals surface area contributed by atoms with E-state index in [1.165, 1.54) is 81.8 Å². The predicted octanol–water partition coefficient (Wildman–Crippen LogP) is 7.58. The van der Waals surface area contributed by atoms with Gasteiger partial charge in [0.2, 0.25) is 0 Å². The molecule has 2 aliphatic rings. The molecule has 3 rings (SSSR count). The van der Waals surface area contributed by atoms with Crippen LogP contribution in [0.1, 0.15) is 114 Å². The zero-order valence-electron chi connectivity index (χ0n) is 18.3. The Balaban J connectivity index is 1.41. The summed E-state index contributed by atoms with van der Waals surface area (Å²) in [7, 11) is 0. The van der Waals surface area contributed by atoms with E-state index in [1.54, 1.807) is 0 Å². The Morgan fingerprint density at radius 3 is 1.96 bits per heavy atom. The van der Waals surface area contributed by atoms with Crippen molar-refractivity contribution in [3.05, 3.63) is 35.4 Å². The van der Waals surface area contributed by atoms with Crippen molar-refractivity contribution >= 4 is 0 Å². The van der Waals surface area contributed by atoms with Gasteiger partial charge in [0.1, 0.15) is 6.10 Å². The summed E-state index contributed by atoms with van der Waals surface area (Å²) < 4.78 is 12.2. The van der Waals surface area contributed by atoms with Crippen molar-refractivity contribution in [3.63, 3.8) is 0 Å². The summed E-state index contributed by atoms with van der Waals surface area (Å²) in [6, 6.07) is 9.28. The highest BCUT2D eigenvalue weighted by atomic mass is 16.6. The zero-order chi connectivity index (χ0) is 19.6. The first-order chi connectivity index (χ1) is 13.8. The van der Waals surface area contributed by atoms with Crippen molar-refractivity contribution in [1.82, 2.24) is 0 Å². The van der Waals surface area contributed by atoms with Crippen molar-refractivity contribution in [2.45, 2.75) is 109 Å². The fourth-order valence-corrected chi connectivity index (χ4v) is 4.97. The monoisotopic (exact) mass is 386 g/mol. The lowest BCUT2D eigenvalue weighted by molar-refractivity contribution is -0.137. The maximum Gasteiger partial charge on any atom is 0.106 e. The maximum absolute atomic E-state index is 6.13. The van der Waals surface area contributed by atoms with Crippen molar-refractivity contribution in [1.29, 1.82) is 0 Å². The van der Waals surface area contributed by atoms with E-state index in [0.29, 0.717) is 12.7 Å². The summed E-state index contributed by atoms with van der Waals surface area (Å²) >= 11 is 0. The van der Waals surface area contributed by atoms with Crippen LogP contribution in [0.25, 0.3) is 0 Å². The number of hydrogen-bond donors (Lipinski definition) is 0. The highest BCUT2D eigenvalue weighted by molar-refractivity contribution is 5.27. The van der Waals surface area contributed by atoms with Gasteiger partial charge in [0.05, 0.1) is 19.3 Å². The standard InChI is InChI=1S/C26H42O2/c1-3-5-7-9-21-11-13-22(14-12-21)23-15-17-24(18-16-23)26-20-27-25(19-28-26)10-8-6-4-2/h15-18,21-22,25-26H,3-14,19-20H2,1-2H3. The quantitative estimate of drug-likeness (QED) is 0.386. The summed E-state index contributed by atoms with van der Waals surface area (Å²) in [5, 5.41) is 0. The molecule has 0 amide bonds. The molecule has 2 heteroatoms. The van der Waals surface area contributed by atoms with Gasteiger partial charge in [0.25, 0.3) is 0 Å². The van der Waals surface area contributed by atoms with Crippen LogP contribution in [-0.4, -0.2) is 19.3 Å². The van der Waals surface area contributed by atoms with Crippen LogP contribution in [0.15, 0.2) is 24.3 Å². The van der Waals surface area contributed by atoms with Crippen molar-refractivity contribution in [3.8, 4) is 0 Å². The van der Waals surface area contributed by atoms with Crippen LogP contribution in [0, 0.1) is 5.92 Å². The fourth-order valence-electron chi connectivity index (χ4n) is 4.97. The third kappa shape index (κ3) is 6.59. The van der Waals surface area contributed by atoms with Gasteiger partial charge in [-0.25, -0.2) is 0 Å². The second-order valence-electron chi connectivity index (χ2n) is 9.15. The van der Waals surface area contributed by atoms with E-state index >= 15 is 0 Å². The molecule has 0 radical (unpaired) electrons. The molecular weight excluding hydrogens is 344 g/mol. The van der Waals surface area contributed by atoms with Gasteiger partial charge in [-0.2, -0.15) is 0 Å². The highest BCUT2D eigenvalue weighted by Gasteiger charge is 2.25. The molecule has 2 atom stereocenters. The average Bonchev–Trinajstić information content (AvgIpc) is 2.75. The Labute approximate surface area is 173 Å². The second kappa shape index (κ2) is 12.0. The lowest BCUT2D eigenvalue weighted by Crippen LogP contribution is -2.31. The van der Waals surface area contributed by atoms with Crippen LogP contribution in [0.5, 0.6) is 0 Å². The summed E-state index contributed by atoms with van der Waals surface area (Å²) in [5.41, 5.74) is 2.81. The number of ether oxygens (including phenoxy) is 2. The molecule has 1 saturated carbocycles. The molecule has 0 aromatic heterocycles. The van der Waals surface area contributed by atoms with E-state index in [4.69, 9.17) is 9.47 Å².